The fraction of sp³-hybridized carbons (Fsp3) is 0.259. The summed E-state index contributed by atoms with van der Waals surface area (Å²) in [6.07, 6.45) is 1.74. The number of benzene rings is 2. The Bertz CT molecular complexity index is 1570. The Balaban J connectivity index is 1.90. The molecule has 0 fully saturated rings. The zero-order valence-electron chi connectivity index (χ0n) is 21.1. The van der Waals surface area contributed by atoms with Gasteiger partial charge in [-0.15, -0.1) is 0 Å². The van der Waals surface area contributed by atoms with E-state index in [1.54, 1.807) is 70.5 Å². The Morgan fingerprint density at radius 1 is 1.03 bits per heavy atom. The Labute approximate surface area is 216 Å². The second kappa shape index (κ2) is 10.8. The lowest BCUT2D eigenvalue weighted by Crippen LogP contribution is -2.40. The molecule has 0 saturated heterocycles. The average molecular weight is 523 g/mol. The van der Waals surface area contributed by atoms with Crippen LogP contribution in [-0.2, 0) is 14.3 Å². The number of allylic oxidation sites excluding steroid dienone is 1. The van der Waals surface area contributed by atoms with Gasteiger partial charge in [-0.1, -0.05) is 29.5 Å². The van der Waals surface area contributed by atoms with E-state index in [0.29, 0.717) is 37.7 Å². The molecule has 0 aliphatic carbocycles. The molecule has 2 heterocycles. The first kappa shape index (κ1) is 25.9. The van der Waals surface area contributed by atoms with Gasteiger partial charge in [0.1, 0.15) is 0 Å². The minimum atomic E-state index is -0.783. The van der Waals surface area contributed by atoms with Crippen LogP contribution in [0.25, 0.3) is 6.08 Å². The van der Waals surface area contributed by atoms with E-state index in [-0.39, 0.29) is 17.7 Å². The van der Waals surface area contributed by atoms with Crippen LogP contribution in [-0.4, -0.2) is 44.4 Å². The third-order valence-electron chi connectivity index (χ3n) is 5.87. The molecule has 192 valence electrons. The van der Waals surface area contributed by atoms with E-state index in [4.69, 9.17) is 18.9 Å². The van der Waals surface area contributed by atoms with Gasteiger partial charge in [0, 0.05) is 0 Å². The van der Waals surface area contributed by atoms with Crippen LogP contribution < -0.4 is 24.4 Å². The van der Waals surface area contributed by atoms with Crippen molar-refractivity contribution < 1.29 is 28.5 Å². The van der Waals surface area contributed by atoms with Crippen molar-refractivity contribution in [2.24, 2.45) is 4.99 Å². The molecule has 0 amide bonds. The molecule has 1 unspecified atom stereocenters. The van der Waals surface area contributed by atoms with Crippen LogP contribution in [0.3, 0.4) is 0 Å². The van der Waals surface area contributed by atoms with Gasteiger partial charge in [0.2, 0.25) is 0 Å². The normalized spacial score (nSPS) is 15.1. The van der Waals surface area contributed by atoms with Crippen LogP contribution >= 0.6 is 11.3 Å². The highest BCUT2D eigenvalue weighted by molar-refractivity contribution is 7.07. The monoisotopic (exact) mass is 522 g/mol. The van der Waals surface area contributed by atoms with E-state index < -0.39 is 18.0 Å². The summed E-state index contributed by atoms with van der Waals surface area (Å²) in [6.45, 7) is 3.60. The van der Waals surface area contributed by atoms with Gasteiger partial charge in [0.25, 0.3) is 5.56 Å². The van der Waals surface area contributed by atoms with Crippen LogP contribution in [0.4, 0.5) is 0 Å². The Hall–Kier alpha value is -4.18. The van der Waals surface area contributed by atoms with Crippen molar-refractivity contribution in [1.82, 2.24) is 4.57 Å². The summed E-state index contributed by atoms with van der Waals surface area (Å²) in [4.78, 5) is 43.7. The second-order valence-electron chi connectivity index (χ2n) is 8.03. The van der Waals surface area contributed by atoms with Gasteiger partial charge in [-0.3, -0.25) is 9.36 Å². The molecular weight excluding hydrogens is 496 g/mol. The molecule has 0 saturated carbocycles. The predicted octanol–water partition coefficient (Wildman–Crippen LogP) is 2.60. The quantitative estimate of drug-likeness (QED) is 0.439. The summed E-state index contributed by atoms with van der Waals surface area (Å²) in [5, 5.41) is 0. The molecule has 3 aromatic rings. The number of carbonyl (C=O) groups is 2. The molecule has 0 N–H and O–H groups in total. The van der Waals surface area contributed by atoms with Crippen LogP contribution in [0.1, 0.15) is 41.4 Å². The maximum absolute atomic E-state index is 13.7. The van der Waals surface area contributed by atoms with Crippen molar-refractivity contribution in [2.75, 3.05) is 27.9 Å². The lowest BCUT2D eigenvalue weighted by Gasteiger charge is -2.24. The largest absolute Gasteiger partial charge is 0.493 e. The first-order valence-electron chi connectivity index (χ1n) is 11.4. The molecule has 1 aromatic heterocycles. The van der Waals surface area contributed by atoms with Crippen molar-refractivity contribution in [3.63, 3.8) is 0 Å². The zero-order valence-corrected chi connectivity index (χ0v) is 21.9. The van der Waals surface area contributed by atoms with Gasteiger partial charge in [-0.25, -0.2) is 14.6 Å². The van der Waals surface area contributed by atoms with E-state index in [2.05, 4.69) is 4.99 Å². The van der Waals surface area contributed by atoms with Crippen molar-refractivity contribution >= 4 is 29.4 Å². The summed E-state index contributed by atoms with van der Waals surface area (Å²) < 4.78 is 22.7. The Morgan fingerprint density at radius 2 is 1.73 bits per heavy atom. The van der Waals surface area contributed by atoms with Crippen molar-refractivity contribution in [3.8, 4) is 11.5 Å². The van der Waals surface area contributed by atoms with E-state index in [0.717, 1.165) is 5.56 Å². The van der Waals surface area contributed by atoms with Crippen LogP contribution in [0.15, 0.2) is 63.5 Å². The van der Waals surface area contributed by atoms with E-state index in [9.17, 15) is 14.4 Å². The molecule has 4 rings (SSSR count). The van der Waals surface area contributed by atoms with Gasteiger partial charge >= 0.3 is 11.9 Å². The molecule has 1 atom stereocenters. The maximum atomic E-state index is 13.7. The molecule has 2 aromatic carbocycles. The molecule has 1 aliphatic heterocycles. The summed E-state index contributed by atoms with van der Waals surface area (Å²) >= 11 is 1.22. The lowest BCUT2D eigenvalue weighted by molar-refractivity contribution is -0.139. The van der Waals surface area contributed by atoms with Crippen LogP contribution in [0, 0.1) is 0 Å². The number of hydrogen-bond donors (Lipinski definition) is 0. The molecule has 1 aliphatic rings. The minimum Gasteiger partial charge on any atom is -0.493 e. The average Bonchev–Trinajstić information content (AvgIpc) is 3.21. The molecule has 10 heteroatoms. The molecule has 9 nitrogen and oxygen atoms in total. The number of rotatable bonds is 7. The summed E-state index contributed by atoms with van der Waals surface area (Å²) in [5.41, 5.74) is 2.13. The van der Waals surface area contributed by atoms with Crippen molar-refractivity contribution in [2.45, 2.75) is 19.9 Å². The van der Waals surface area contributed by atoms with Crippen molar-refractivity contribution in [1.29, 1.82) is 0 Å². The fourth-order valence-corrected chi connectivity index (χ4v) is 5.17. The van der Waals surface area contributed by atoms with Gasteiger partial charge in [0.05, 0.1) is 55.3 Å². The van der Waals surface area contributed by atoms with E-state index in [1.807, 2.05) is 6.07 Å². The number of esters is 2. The first-order valence-corrected chi connectivity index (χ1v) is 12.2. The number of nitrogens with zero attached hydrogens (tertiary/aromatic N) is 2. The number of carbonyl (C=O) groups excluding carboxylic acids is 2. The van der Waals surface area contributed by atoms with Gasteiger partial charge < -0.3 is 18.9 Å². The fourth-order valence-electron chi connectivity index (χ4n) is 4.12. The molecule has 37 heavy (non-hydrogen) atoms. The van der Waals surface area contributed by atoms with Crippen LogP contribution in [0.2, 0.25) is 0 Å². The van der Waals surface area contributed by atoms with Gasteiger partial charge in [-0.05, 0) is 55.3 Å². The number of thiazole rings is 1. The summed E-state index contributed by atoms with van der Waals surface area (Å²) in [5.74, 6) is 0.0712. The predicted molar refractivity (Wildman–Crippen MR) is 138 cm³/mol. The molecule has 0 radical (unpaired) electrons. The molecule has 0 spiro atoms. The highest BCUT2D eigenvalue weighted by atomic mass is 32.1. The summed E-state index contributed by atoms with van der Waals surface area (Å²) in [6, 6.07) is 11.1. The topological polar surface area (TPSA) is 105 Å². The van der Waals surface area contributed by atoms with E-state index in [1.165, 1.54) is 23.0 Å². The number of fused-ring (bicyclic) bond motifs is 1. The highest BCUT2D eigenvalue weighted by Crippen LogP contribution is 2.31. The van der Waals surface area contributed by atoms with Gasteiger partial charge in [0.15, 0.2) is 16.3 Å². The molecular formula is C27H26N2O7S. The third-order valence-corrected chi connectivity index (χ3v) is 6.85. The lowest BCUT2D eigenvalue weighted by atomic mass is 9.95. The minimum absolute atomic E-state index is 0.174. The Kier molecular flexibility index (Phi) is 7.58. The SMILES string of the molecule is CCOC(=O)C1=C(C)N=c2sc(=Cc3ccc(OC)c(OC)c3)c(=O)n2C1c1ccc(C(=O)OC)cc1. The number of ether oxygens (including phenoxy) is 4. The number of methoxy groups -OCH3 is 3. The van der Waals surface area contributed by atoms with Crippen LogP contribution in [0.5, 0.6) is 11.5 Å². The van der Waals surface area contributed by atoms with E-state index >= 15 is 0 Å². The standard InChI is InChI=1S/C27H26N2O7S/c1-6-36-26(32)22-15(2)28-27-29(23(22)17-8-10-18(11-9-17)25(31)35-5)24(30)21(37-27)14-16-7-12-19(33-3)20(13-16)34-4/h7-14,23H,6H2,1-5H3. The maximum Gasteiger partial charge on any atom is 0.338 e. The number of hydrogen-bond acceptors (Lipinski definition) is 9. The van der Waals surface area contributed by atoms with Gasteiger partial charge in [-0.2, -0.15) is 0 Å². The smallest absolute Gasteiger partial charge is 0.338 e. The molecule has 0 bridgehead atoms. The third kappa shape index (κ3) is 4.92. The Morgan fingerprint density at radius 3 is 2.35 bits per heavy atom. The first-order chi connectivity index (χ1) is 17.8. The second-order valence-corrected chi connectivity index (χ2v) is 9.04. The zero-order chi connectivity index (χ0) is 26.7. The van der Waals surface area contributed by atoms with Crippen molar-refractivity contribution in [3.05, 3.63) is 90.1 Å². The highest BCUT2D eigenvalue weighted by Gasteiger charge is 2.33. The number of aromatic nitrogens is 1. The summed E-state index contributed by atoms with van der Waals surface area (Å²) in [7, 11) is 4.40.